The van der Waals surface area contributed by atoms with Crippen molar-refractivity contribution in [3.05, 3.63) is 31.7 Å². The first-order chi connectivity index (χ1) is 18.7. The third-order valence-electron chi connectivity index (χ3n) is 5.29. The molecular weight excluding hydrogens is 722 g/mol. The van der Waals surface area contributed by atoms with E-state index < -0.39 is 0 Å². The number of nitrogens with zero attached hydrogens (tertiary/aromatic N) is 6. The van der Waals surface area contributed by atoms with Gasteiger partial charge in [-0.15, -0.1) is 10.2 Å². The number of aromatic nitrogens is 6. The molecule has 0 spiro atoms. The molecule has 2 heterocycles. The second-order valence-corrected chi connectivity index (χ2v) is 9.93. The summed E-state index contributed by atoms with van der Waals surface area (Å²) < 4.78 is 37.6. The van der Waals surface area contributed by atoms with Crippen LogP contribution in [-0.2, 0) is 41.5 Å². The average molecular weight is 756 g/mol. The molecule has 0 saturated heterocycles. The Bertz CT molecular complexity index is 999. The van der Waals surface area contributed by atoms with Crippen LogP contribution in [0.4, 0.5) is 0 Å². The van der Waals surface area contributed by atoms with Gasteiger partial charge in [0.05, 0.1) is 79.2 Å². The van der Waals surface area contributed by atoms with Gasteiger partial charge in [-0.05, 0) is 45.2 Å². The number of rotatable bonds is 20. The fourth-order valence-electron chi connectivity index (χ4n) is 3.35. The molecule has 3 aromatic rings. The molecule has 3 rings (SSSR count). The Hall–Kier alpha value is -1.28. The summed E-state index contributed by atoms with van der Waals surface area (Å²) >= 11 is 4.55. The molecule has 0 fully saturated rings. The predicted molar refractivity (Wildman–Crippen MR) is 157 cm³/mol. The Kier molecular flexibility index (Phi) is 14.9. The molecule has 0 unspecified atom stereocenters. The van der Waals surface area contributed by atoms with E-state index in [4.69, 9.17) is 28.4 Å². The van der Waals surface area contributed by atoms with E-state index in [1.165, 1.54) is 0 Å². The number of ether oxygens (including phenoxy) is 6. The lowest BCUT2D eigenvalue weighted by Crippen LogP contribution is -2.13. The van der Waals surface area contributed by atoms with Crippen molar-refractivity contribution in [2.24, 2.45) is 0 Å². The molecule has 0 amide bonds. The maximum absolute atomic E-state index is 5.67. The SMILES string of the molecule is COCCOCCOCCn1nnc(-c2ccccc2-c2nnn(CCOCCOCCOC)c2I)c1I. The van der Waals surface area contributed by atoms with E-state index in [0.717, 1.165) is 29.9 Å². The summed E-state index contributed by atoms with van der Waals surface area (Å²) in [7, 11) is 3.30. The Labute approximate surface area is 249 Å². The molecule has 2 aromatic heterocycles. The van der Waals surface area contributed by atoms with Gasteiger partial charge >= 0.3 is 0 Å². The van der Waals surface area contributed by atoms with Crippen LogP contribution in [-0.4, -0.2) is 110 Å². The number of benzene rings is 1. The van der Waals surface area contributed by atoms with Gasteiger partial charge in [-0.2, -0.15) is 0 Å². The molecule has 0 aliphatic rings. The van der Waals surface area contributed by atoms with E-state index in [2.05, 4.69) is 65.8 Å². The molecule has 0 radical (unpaired) electrons. The topological polar surface area (TPSA) is 117 Å². The van der Waals surface area contributed by atoms with Crippen molar-refractivity contribution in [3.63, 3.8) is 0 Å². The number of methoxy groups -OCH3 is 2. The van der Waals surface area contributed by atoms with Gasteiger partial charge in [0.2, 0.25) is 0 Å². The average Bonchev–Trinajstić information content (AvgIpc) is 3.48. The van der Waals surface area contributed by atoms with Crippen LogP contribution in [0, 0.1) is 7.40 Å². The molecule has 38 heavy (non-hydrogen) atoms. The van der Waals surface area contributed by atoms with Gasteiger partial charge in [0.25, 0.3) is 0 Å². The first kappa shape index (κ1) is 31.3. The second-order valence-electron chi connectivity index (χ2n) is 7.88. The second kappa shape index (κ2) is 18.1. The lowest BCUT2D eigenvalue weighted by molar-refractivity contribution is 0.0223. The third-order valence-corrected chi connectivity index (χ3v) is 7.42. The molecule has 0 aliphatic carbocycles. The molecule has 0 saturated carbocycles. The van der Waals surface area contributed by atoms with Crippen molar-refractivity contribution in [1.82, 2.24) is 30.0 Å². The van der Waals surface area contributed by atoms with Gasteiger partial charge in [-0.1, -0.05) is 34.7 Å². The smallest absolute Gasteiger partial charge is 0.127 e. The third kappa shape index (κ3) is 9.72. The number of hydrogen-bond acceptors (Lipinski definition) is 10. The van der Waals surface area contributed by atoms with E-state index in [0.29, 0.717) is 79.2 Å². The van der Waals surface area contributed by atoms with Crippen molar-refractivity contribution in [1.29, 1.82) is 0 Å². The van der Waals surface area contributed by atoms with Gasteiger partial charge in [0.1, 0.15) is 18.8 Å². The first-order valence-electron chi connectivity index (χ1n) is 12.2. The molecule has 14 heteroatoms. The summed E-state index contributed by atoms with van der Waals surface area (Å²) in [5, 5.41) is 17.6. The summed E-state index contributed by atoms with van der Waals surface area (Å²) in [5.41, 5.74) is 3.49. The number of hydrogen-bond donors (Lipinski definition) is 0. The Morgan fingerprint density at radius 3 is 1.34 bits per heavy atom. The standard InChI is InChI=1S/C24H34I2N6O6/c1-33-11-13-37-17-15-35-9-7-31-23(25)21(27-29-31)19-5-3-4-6-20(19)22-24(26)32(30-28-22)8-10-36-16-18-38-14-12-34-2/h3-6H,7-18H2,1-2H3. The van der Waals surface area contributed by atoms with Crippen molar-refractivity contribution in [3.8, 4) is 22.5 Å². The monoisotopic (exact) mass is 756 g/mol. The molecular formula is C24H34I2N6O6. The predicted octanol–water partition coefficient (Wildman–Crippen LogP) is 2.77. The molecule has 0 atom stereocenters. The normalized spacial score (nSPS) is 11.5. The van der Waals surface area contributed by atoms with E-state index in [1.54, 1.807) is 14.2 Å². The fourth-order valence-corrected chi connectivity index (χ4v) is 4.82. The summed E-state index contributed by atoms with van der Waals surface area (Å²) in [5.74, 6) is 0. The quantitative estimate of drug-likeness (QED) is 0.126. The van der Waals surface area contributed by atoms with E-state index in [9.17, 15) is 0 Å². The van der Waals surface area contributed by atoms with E-state index in [-0.39, 0.29) is 0 Å². The largest absolute Gasteiger partial charge is 0.382 e. The molecule has 210 valence electrons. The Morgan fingerprint density at radius 1 is 0.579 bits per heavy atom. The zero-order valence-electron chi connectivity index (χ0n) is 21.7. The van der Waals surface area contributed by atoms with Crippen LogP contribution in [0.15, 0.2) is 24.3 Å². The highest BCUT2D eigenvalue weighted by Crippen LogP contribution is 2.34. The highest BCUT2D eigenvalue weighted by molar-refractivity contribution is 14.1. The summed E-state index contributed by atoms with van der Waals surface area (Å²) in [6.07, 6.45) is 0. The van der Waals surface area contributed by atoms with Gasteiger partial charge in [0, 0.05) is 25.3 Å². The number of halogens is 2. The zero-order chi connectivity index (χ0) is 27.0. The molecule has 1 aromatic carbocycles. The fraction of sp³-hybridized carbons (Fsp3) is 0.583. The van der Waals surface area contributed by atoms with Gasteiger partial charge in [-0.3, -0.25) is 0 Å². The first-order valence-corrected chi connectivity index (χ1v) is 14.4. The summed E-state index contributed by atoms with van der Waals surface area (Å²) in [6.45, 7) is 6.61. The minimum atomic E-state index is 0.516. The van der Waals surface area contributed by atoms with Crippen LogP contribution in [0.25, 0.3) is 22.5 Å². The molecule has 0 N–H and O–H groups in total. The maximum Gasteiger partial charge on any atom is 0.127 e. The minimum Gasteiger partial charge on any atom is -0.382 e. The van der Waals surface area contributed by atoms with Gasteiger partial charge in [-0.25, -0.2) is 9.36 Å². The Morgan fingerprint density at radius 2 is 0.947 bits per heavy atom. The summed E-state index contributed by atoms with van der Waals surface area (Å²) in [6, 6.07) is 8.03. The molecule has 12 nitrogen and oxygen atoms in total. The van der Waals surface area contributed by atoms with Crippen molar-refractivity contribution in [2.45, 2.75) is 13.1 Å². The summed E-state index contributed by atoms with van der Waals surface area (Å²) in [4.78, 5) is 0. The lowest BCUT2D eigenvalue weighted by Gasteiger charge is -2.08. The van der Waals surface area contributed by atoms with E-state index >= 15 is 0 Å². The highest BCUT2D eigenvalue weighted by atomic mass is 127. The van der Waals surface area contributed by atoms with Crippen molar-refractivity contribution >= 4 is 45.2 Å². The lowest BCUT2D eigenvalue weighted by atomic mass is 10.0. The minimum absolute atomic E-state index is 0.516. The maximum atomic E-state index is 5.67. The van der Waals surface area contributed by atoms with Crippen molar-refractivity contribution in [2.75, 3.05) is 80.3 Å². The highest BCUT2D eigenvalue weighted by Gasteiger charge is 2.20. The van der Waals surface area contributed by atoms with Crippen LogP contribution in [0.2, 0.25) is 0 Å². The van der Waals surface area contributed by atoms with Crippen LogP contribution >= 0.6 is 45.2 Å². The van der Waals surface area contributed by atoms with Crippen LogP contribution in [0.5, 0.6) is 0 Å². The molecule has 0 aliphatic heterocycles. The van der Waals surface area contributed by atoms with Crippen molar-refractivity contribution < 1.29 is 28.4 Å². The van der Waals surface area contributed by atoms with Gasteiger partial charge in [0.15, 0.2) is 0 Å². The zero-order valence-corrected chi connectivity index (χ0v) is 26.0. The van der Waals surface area contributed by atoms with Crippen LogP contribution in [0.1, 0.15) is 0 Å². The van der Waals surface area contributed by atoms with Crippen LogP contribution < -0.4 is 0 Å². The molecule has 0 bridgehead atoms. The Balaban J connectivity index is 1.56. The van der Waals surface area contributed by atoms with E-state index in [1.807, 2.05) is 33.6 Å². The van der Waals surface area contributed by atoms with Gasteiger partial charge < -0.3 is 28.4 Å². The van der Waals surface area contributed by atoms with Crippen LogP contribution in [0.3, 0.4) is 0 Å².